The molecule has 17 heavy (non-hydrogen) atoms. The maximum atomic E-state index is 11.5. The second kappa shape index (κ2) is 6.01. The number of carbonyl (C=O) groups excluding carboxylic acids is 1. The number of hydrogen-bond acceptors (Lipinski definition) is 3. The van der Waals surface area contributed by atoms with Crippen LogP contribution in [0.25, 0.3) is 0 Å². The summed E-state index contributed by atoms with van der Waals surface area (Å²) >= 11 is 5.57. The van der Waals surface area contributed by atoms with Gasteiger partial charge in [0.15, 0.2) is 6.61 Å². The van der Waals surface area contributed by atoms with Gasteiger partial charge in [-0.2, -0.15) is 0 Å². The lowest BCUT2D eigenvalue weighted by Gasteiger charge is -2.26. The first kappa shape index (κ1) is 13.1. The monoisotopic (exact) mass is 411 g/mol. The van der Waals surface area contributed by atoms with Gasteiger partial charge >= 0.3 is 0 Å². The highest BCUT2D eigenvalue weighted by Gasteiger charge is 2.20. The van der Waals surface area contributed by atoms with Crippen LogP contribution < -0.4 is 10.1 Å². The molecule has 0 spiro atoms. The van der Waals surface area contributed by atoms with Crippen LogP contribution in [0, 0.1) is 3.57 Å². The van der Waals surface area contributed by atoms with E-state index in [1.54, 1.807) is 0 Å². The lowest BCUT2D eigenvalue weighted by molar-refractivity contribution is -0.127. The average molecular weight is 412 g/mol. The Balaban J connectivity index is 1.81. The van der Waals surface area contributed by atoms with Crippen molar-refractivity contribution in [1.82, 2.24) is 5.32 Å². The molecule has 1 heterocycles. The van der Waals surface area contributed by atoms with Gasteiger partial charge in [0, 0.05) is 8.04 Å². The quantitative estimate of drug-likeness (QED) is 0.770. The van der Waals surface area contributed by atoms with Gasteiger partial charge in [0.25, 0.3) is 5.91 Å². The molecule has 0 saturated carbocycles. The third kappa shape index (κ3) is 4.11. The van der Waals surface area contributed by atoms with Gasteiger partial charge in [-0.3, -0.25) is 4.79 Å². The van der Waals surface area contributed by atoms with Crippen molar-refractivity contribution in [2.24, 2.45) is 0 Å². The van der Waals surface area contributed by atoms with Crippen LogP contribution in [0.4, 0.5) is 0 Å². The zero-order valence-corrected chi connectivity index (χ0v) is 12.7. The van der Waals surface area contributed by atoms with Crippen LogP contribution in [-0.4, -0.2) is 31.8 Å². The van der Waals surface area contributed by atoms with Crippen molar-refractivity contribution in [2.75, 3.05) is 19.8 Å². The van der Waals surface area contributed by atoms with Gasteiger partial charge in [0.05, 0.1) is 19.3 Å². The van der Waals surface area contributed by atoms with E-state index >= 15 is 0 Å². The Hall–Kier alpha value is -0.340. The first-order valence-electron chi connectivity index (χ1n) is 5.09. The number of carbonyl (C=O) groups is 1. The highest BCUT2D eigenvalue weighted by atomic mass is 127. The Morgan fingerprint density at radius 1 is 1.53 bits per heavy atom. The largest absolute Gasteiger partial charge is 0.484 e. The summed E-state index contributed by atoms with van der Waals surface area (Å²) in [5.74, 6) is 0.567. The number of nitrogens with one attached hydrogen (secondary N) is 1. The molecule has 0 bridgehead atoms. The molecular weight excluding hydrogens is 401 g/mol. The van der Waals surface area contributed by atoms with Crippen molar-refractivity contribution in [3.8, 4) is 5.75 Å². The summed E-state index contributed by atoms with van der Waals surface area (Å²) < 4.78 is 12.4. The molecule has 0 aliphatic carbocycles. The highest BCUT2D eigenvalue weighted by Crippen LogP contribution is 2.22. The number of amides is 1. The van der Waals surface area contributed by atoms with E-state index in [1.165, 1.54) is 0 Å². The van der Waals surface area contributed by atoms with Gasteiger partial charge < -0.3 is 14.8 Å². The molecule has 6 heteroatoms. The van der Waals surface area contributed by atoms with Gasteiger partial charge in [-0.25, -0.2) is 0 Å². The zero-order chi connectivity index (χ0) is 12.3. The summed E-state index contributed by atoms with van der Waals surface area (Å²) in [5, 5.41) is 2.81. The van der Waals surface area contributed by atoms with Crippen LogP contribution in [0.3, 0.4) is 0 Å². The SMILES string of the molecule is O=C(COc1cc(Br)cc(I)c1)NC1COC1. The lowest BCUT2D eigenvalue weighted by Crippen LogP contribution is -2.49. The number of hydrogen-bond donors (Lipinski definition) is 1. The van der Waals surface area contributed by atoms with Crippen LogP contribution >= 0.6 is 38.5 Å². The van der Waals surface area contributed by atoms with Crippen LogP contribution in [0.2, 0.25) is 0 Å². The van der Waals surface area contributed by atoms with Gasteiger partial charge in [-0.05, 0) is 40.8 Å². The minimum absolute atomic E-state index is 0.0308. The van der Waals surface area contributed by atoms with Crippen molar-refractivity contribution in [2.45, 2.75) is 6.04 Å². The van der Waals surface area contributed by atoms with Crippen LogP contribution in [0.5, 0.6) is 5.75 Å². The Bertz CT molecular complexity index is 403. The van der Waals surface area contributed by atoms with E-state index in [9.17, 15) is 4.79 Å². The average Bonchev–Trinajstić information content (AvgIpc) is 2.19. The molecule has 0 unspecified atom stereocenters. The fourth-order valence-corrected chi connectivity index (χ4v) is 2.89. The zero-order valence-electron chi connectivity index (χ0n) is 8.91. The van der Waals surface area contributed by atoms with E-state index in [-0.39, 0.29) is 18.6 Å². The van der Waals surface area contributed by atoms with Crippen molar-refractivity contribution in [3.63, 3.8) is 0 Å². The first-order valence-corrected chi connectivity index (χ1v) is 6.96. The fraction of sp³-hybridized carbons (Fsp3) is 0.364. The predicted molar refractivity (Wildman–Crippen MR) is 75.1 cm³/mol. The Morgan fingerprint density at radius 3 is 2.88 bits per heavy atom. The molecular formula is C11H11BrINO3. The summed E-state index contributed by atoms with van der Waals surface area (Å²) in [7, 11) is 0. The smallest absolute Gasteiger partial charge is 0.258 e. The normalized spacial score (nSPS) is 15.2. The Morgan fingerprint density at radius 2 is 2.29 bits per heavy atom. The van der Waals surface area contributed by atoms with Crippen LogP contribution in [0.1, 0.15) is 0 Å². The van der Waals surface area contributed by atoms with E-state index in [0.29, 0.717) is 19.0 Å². The van der Waals surface area contributed by atoms with Crippen LogP contribution in [-0.2, 0) is 9.53 Å². The number of halogens is 2. The fourth-order valence-electron chi connectivity index (χ4n) is 1.35. The molecule has 1 aromatic rings. The Kier molecular flexibility index (Phi) is 4.63. The molecule has 1 amide bonds. The number of rotatable bonds is 4. The molecule has 4 nitrogen and oxygen atoms in total. The number of benzene rings is 1. The molecule has 1 fully saturated rings. The topological polar surface area (TPSA) is 47.6 Å². The second-order valence-electron chi connectivity index (χ2n) is 3.70. The minimum atomic E-state index is -0.117. The summed E-state index contributed by atoms with van der Waals surface area (Å²) in [6.07, 6.45) is 0. The van der Waals surface area contributed by atoms with E-state index in [0.717, 1.165) is 8.04 Å². The molecule has 0 radical (unpaired) electrons. The molecule has 1 saturated heterocycles. The summed E-state index contributed by atoms with van der Waals surface area (Å²) in [5.41, 5.74) is 0. The van der Waals surface area contributed by atoms with Gasteiger partial charge in [0.1, 0.15) is 5.75 Å². The molecule has 2 rings (SSSR count). The van der Waals surface area contributed by atoms with E-state index in [1.807, 2.05) is 18.2 Å². The third-order valence-corrected chi connectivity index (χ3v) is 3.29. The van der Waals surface area contributed by atoms with Crippen molar-refractivity contribution < 1.29 is 14.3 Å². The van der Waals surface area contributed by atoms with Crippen LogP contribution in [0.15, 0.2) is 22.7 Å². The summed E-state index contributed by atoms with van der Waals surface area (Å²) in [6.45, 7) is 1.23. The van der Waals surface area contributed by atoms with E-state index in [2.05, 4.69) is 43.8 Å². The molecule has 1 N–H and O–H groups in total. The lowest BCUT2D eigenvalue weighted by atomic mass is 10.2. The van der Waals surface area contributed by atoms with Gasteiger partial charge in [0.2, 0.25) is 0 Å². The number of ether oxygens (including phenoxy) is 2. The maximum Gasteiger partial charge on any atom is 0.258 e. The first-order chi connectivity index (χ1) is 8.13. The van der Waals surface area contributed by atoms with Gasteiger partial charge in [-0.1, -0.05) is 15.9 Å². The molecule has 0 aromatic heterocycles. The molecule has 1 aliphatic heterocycles. The molecule has 92 valence electrons. The minimum Gasteiger partial charge on any atom is -0.484 e. The van der Waals surface area contributed by atoms with Gasteiger partial charge in [-0.15, -0.1) is 0 Å². The second-order valence-corrected chi connectivity index (χ2v) is 5.86. The summed E-state index contributed by atoms with van der Waals surface area (Å²) in [6, 6.07) is 5.83. The highest BCUT2D eigenvalue weighted by molar-refractivity contribution is 14.1. The predicted octanol–water partition coefficient (Wildman–Crippen LogP) is 1.95. The molecule has 0 atom stereocenters. The summed E-state index contributed by atoms with van der Waals surface area (Å²) in [4.78, 5) is 11.5. The van der Waals surface area contributed by atoms with Crippen molar-refractivity contribution in [1.29, 1.82) is 0 Å². The molecule has 1 aromatic carbocycles. The third-order valence-electron chi connectivity index (χ3n) is 2.21. The standard InChI is InChI=1S/C11H11BrINO3/c12-7-1-8(13)3-10(2-7)17-6-11(15)14-9-4-16-5-9/h1-3,9H,4-6H2,(H,14,15). The van der Waals surface area contributed by atoms with E-state index in [4.69, 9.17) is 9.47 Å². The maximum absolute atomic E-state index is 11.5. The van der Waals surface area contributed by atoms with Crippen molar-refractivity contribution >= 4 is 44.4 Å². The Labute approximate surface area is 121 Å². The van der Waals surface area contributed by atoms with Crippen molar-refractivity contribution in [3.05, 3.63) is 26.2 Å². The molecule has 1 aliphatic rings. The van der Waals surface area contributed by atoms with E-state index < -0.39 is 0 Å².